The van der Waals surface area contributed by atoms with Crippen molar-refractivity contribution in [2.75, 3.05) is 0 Å². The Morgan fingerprint density at radius 2 is 2.13 bits per heavy atom. The number of nitrogens with two attached hydrogens (primary N) is 1. The van der Waals surface area contributed by atoms with Crippen LogP contribution in [0.3, 0.4) is 0 Å². The molecule has 1 aliphatic rings. The molecule has 5 heteroatoms. The molecule has 0 bridgehead atoms. The normalized spacial score (nSPS) is 20.1. The second-order valence-corrected chi connectivity index (χ2v) is 4.26. The lowest BCUT2D eigenvalue weighted by molar-refractivity contribution is -0.142. The van der Waals surface area contributed by atoms with Crippen LogP contribution in [0.15, 0.2) is 0 Å². The van der Waals surface area contributed by atoms with Gasteiger partial charge in [-0.3, -0.25) is 4.79 Å². The number of carbonyl (C=O) groups is 2. The van der Waals surface area contributed by atoms with Gasteiger partial charge in [0.2, 0.25) is 5.91 Å². The molecule has 4 N–H and O–H groups in total. The molecule has 0 aliphatic heterocycles. The third-order valence-corrected chi connectivity index (χ3v) is 2.90. The quantitative estimate of drug-likeness (QED) is 0.611. The van der Waals surface area contributed by atoms with Crippen LogP contribution in [0.4, 0.5) is 0 Å². The highest BCUT2D eigenvalue weighted by molar-refractivity contribution is 5.84. The Bertz CT molecular complexity index is 261. The van der Waals surface area contributed by atoms with E-state index in [-0.39, 0.29) is 17.9 Å². The molecule has 0 aromatic heterocycles. The van der Waals surface area contributed by atoms with Crippen LogP contribution in [0, 0.1) is 0 Å². The van der Waals surface area contributed by atoms with Crippen LogP contribution in [0.25, 0.3) is 0 Å². The van der Waals surface area contributed by atoms with Crippen molar-refractivity contribution in [2.45, 2.75) is 50.6 Å². The van der Waals surface area contributed by atoms with E-state index in [0.717, 1.165) is 19.3 Å². The van der Waals surface area contributed by atoms with E-state index in [9.17, 15) is 9.59 Å². The van der Waals surface area contributed by atoms with Gasteiger partial charge in [-0.2, -0.15) is 0 Å². The van der Waals surface area contributed by atoms with Crippen molar-refractivity contribution in [1.82, 2.24) is 5.32 Å². The van der Waals surface area contributed by atoms with Crippen molar-refractivity contribution in [3.8, 4) is 0 Å². The first-order chi connectivity index (χ1) is 6.97. The van der Waals surface area contributed by atoms with Gasteiger partial charge in [-0.05, 0) is 25.7 Å². The van der Waals surface area contributed by atoms with Gasteiger partial charge in [-0.1, -0.05) is 6.92 Å². The molecule has 0 spiro atoms. The molecule has 0 radical (unpaired) electrons. The van der Waals surface area contributed by atoms with Crippen LogP contribution in [0.2, 0.25) is 0 Å². The molecule has 0 aromatic carbocycles. The molecule has 1 saturated carbocycles. The molecule has 0 heterocycles. The monoisotopic (exact) mass is 214 g/mol. The Hall–Kier alpha value is -1.10. The summed E-state index contributed by atoms with van der Waals surface area (Å²) < 4.78 is 0. The largest absolute Gasteiger partial charge is 0.480 e. The van der Waals surface area contributed by atoms with Crippen molar-refractivity contribution in [2.24, 2.45) is 5.73 Å². The molecular formula is C10H18N2O3. The lowest BCUT2D eigenvalue weighted by Crippen LogP contribution is -2.51. The Morgan fingerprint density at radius 1 is 1.53 bits per heavy atom. The van der Waals surface area contributed by atoms with E-state index in [1.54, 1.807) is 6.92 Å². The summed E-state index contributed by atoms with van der Waals surface area (Å²) in [6, 6.07) is -0.791. The Labute approximate surface area is 89.0 Å². The fourth-order valence-corrected chi connectivity index (χ4v) is 1.71. The summed E-state index contributed by atoms with van der Waals surface area (Å²) in [5, 5.41) is 11.2. The minimum absolute atomic E-state index is 0.233. The predicted molar refractivity (Wildman–Crippen MR) is 55.2 cm³/mol. The summed E-state index contributed by atoms with van der Waals surface area (Å²) >= 11 is 0. The number of carbonyl (C=O) groups excluding carboxylic acids is 1. The smallest absolute Gasteiger partial charge is 0.326 e. The third-order valence-electron chi connectivity index (χ3n) is 2.90. The summed E-state index contributed by atoms with van der Waals surface area (Å²) in [5.41, 5.74) is 5.50. The number of hydrogen-bond donors (Lipinski definition) is 3. The average Bonchev–Trinajstić information content (AvgIpc) is 2.11. The predicted octanol–water partition coefficient (Wildman–Crippen LogP) is 0.237. The van der Waals surface area contributed by atoms with Crippen LogP contribution in [0.1, 0.15) is 39.0 Å². The summed E-state index contributed by atoms with van der Waals surface area (Å²) in [6.45, 7) is 1.72. The van der Waals surface area contributed by atoms with E-state index in [1.165, 1.54) is 0 Å². The Balaban J connectivity index is 2.37. The van der Waals surface area contributed by atoms with Gasteiger partial charge >= 0.3 is 5.97 Å². The second kappa shape index (κ2) is 4.61. The maximum absolute atomic E-state index is 11.5. The first kappa shape index (κ1) is 12.0. The van der Waals surface area contributed by atoms with Gasteiger partial charge in [0.25, 0.3) is 0 Å². The minimum Gasteiger partial charge on any atom is -0.480 e. The van der Waals surface area contributed by atoms with E-state index in [0.29, 0.717) is 6.42 Å². The average molecular weight is 214 g/mol. The van der Waals surface area contributed by atoms with E-state index in [4.69, 9.17) is 10.8 Å². The third kappa shape index (κ3) is 3.20. The Morgan fingerprint density at radius 3 is 2.47 bits per heavy atom. The highest BCUT2D eigenvalue weighted by atomic mass is 16.4. The molecular weight excluding hydrogens is 196 g/mol. The molecule has 5 nitrogen and oxygen atoms in total. The van der Waals surface area contributed by atoms with E-state index < -0.39 is 12.0 Å². The minimum atomic E-state index is -0.995. The zero-order chi connectivity index (χ0) is 11.5. The lowest BCUT2D eigenvalue weighted by atomic mass is 9.75. The van der Waals surface area contributed by atoms with Crippen molar-refractivity contribution in [1.29, 1.82) is 0 Å². The maximum Gasteiger partial charge on any atom is 0.326 e. The van der Waals surface area contributed by atoms with Gasteiger partial charge in [0.05, 0.1) is 0 Å². The molecule has 1 fully saturated rings. The molecule has 86 valence electrons. The molecule has 1 rings (SSSR count). The number of hydrogen-bond acceptors (Lipinski definition) is 3. The molecule has 1 amide bonds. The van der Waals surface area contributed by atoms with Crippen LogP contribution < -0.4 is 11.1 Å². The molecule has 1 aliphatic carbocycles. The summed E-state index contributed by atoms with van der Waals surface area (Å²) in [7, 11) is 0. The van der Waals surface area contributed by atoms with Gasteiger partial charge in [0, 0.05) is 12.0 Å². The van der Waals surface area contributed by atoms with Crippen molar-refractivity contribution in [3.05, 3.63) is 0 Å². The highest BCUT2D eigenvalue weighted by Crippen LogP contribution is 2.31. The zero-order valence-corrected chi connectivity index (χ0v) is 8.95. The summed E-state index contributed by atoms with van der Waals surface area (Å²) in [6.07, 6.45) is 3.38. The molecule has 1 atom stereocenters. The van der Waals surface area contributed by atoms with Gasteiger partial charge in [0.1, 0.15) is 6.04 Å². The van der Waals surface area contributed by atoms with E-state index in [2.05, 4.69) is 5.32 Å². The maximum atomic E-state index is 11.5. The van der Waals surface area contributed by atoms with Crippen LogP contribution in [-0.2, 0) is 9.59 Å². The SMILES string of the molecule is CCC(NC(=O)CC1(N)CCC1)C(=O)O. The summed E-state index contributed by atoms with van der Waals surface area (Å²) in [4.78, 5) is 22.1. The fourth-order valence-electron chi connectivity index (χ4n) is 1.71. The number of rotatable bonds is 5. The van der Waals surface area contributed by atoms with E-state index in [1.807, 2.05) is 0 Å². The number of aliphatic carboxylic acids is 1. The van der Waals surface area contributed by atoms with Gasteiger partial charge in [-0.15, -0.1) is 0 Å². The first-order valence-electron chi connectivity index (χ1n) is 5.28. The second-order valence-electron chi connectivity index (χ2n) is 4.26. The molecule has 0 aromatic rings. The number of carboxylic acids is 1. The van der Waals surface area contributed by atoms with Crippen LogP contribution in [0.5, 0.6) is 0 Å². The van der Waals surface area contributed by atoms with Crippen molar-refractivity contribution >= 4 is 11.9 Å². The van der Waals surface area contributed by atoms with Crippen molar-refractivity contribution in [3.63, 3.8) is 0 Å². The number of nitrogens with one attached hydrogen (secondary N) is 1. The Kier molecular flexibility index (Phi) is 3.68. The van der Waals surface area contributed by atoms with Crippen LogP contribution >= 0.6 is 0 Å². The summed E-state index contributed by atoms with van der Waals surface area (Å²) in [5.74, 6) is -1.25. The molecule has 15 heavy (non-hydrogen) atoms. The fraction of sp³-hybridized carbons (Fsp3) is 0.800. The van der Waals surface area contributed by atoms with Crippen LogP contribution in [-0.4, -0.2) is 28.6 Å². The van der Waals surface area contributed by atoms with Gasteiger partial charge < -0.3 is 16.2 Å². The number of carboxylic acid groups (broad SMARTS) is 1. The topological polar surface area (TPSA) is 92.4 Å². The van der Waals surface area contributed by atoms with Gasteiger partial charge in [0.15, 0.2) is 0 Å². The highest BCUT2D eigenvalue weighted by Gasteiger charge is 2.35. The standard InChI is InChI=1S/C10H18N2O3/c1-2-7(9(14)15)12-8(13)6-10(11)4-3-5-10/h7H,2-6,11H2,1H3,(H,12,13)(H,14,15). The first-order valence-corrected chi connectivity index (χ1v) is 5.28. The van der Waals surface area contributed by atoms with Gasteiger partial charge in [-0.25, -0.2) is 4.79 Å². The van der Waals surface area contributed by atoms with E-state index >= 15 is 0 Å². The lowest BCUT2D eigenvalue weighted by Gasteiger charge is -2.37. The zero-order valence-electron chi connectivity index (χ0n) is 8.95. The number of amides is 1. The van der Waals surface area contributed by atoms with Crippen molar-refractivity contribution < 1.29 is 14.7 Å². The molecule has 1 unspecified atom stereocenters. The molecule has 0 saturated heterocycles.